The molecule has 126 valence electrons. The maximum atomic E-state index is 12.3. The van der Waals surface area contributed by atoms with E-state index < -0.39 is 24.1 Å². The van der Waals surface area contributed by atoms with Gasteiger partial charge in [0.25, 0.3) is 0 Å². The van der Waals surface area contributed by atoms with Crippen LogP contribution in [0.2, 0.25) is 0 Å². The van der Waals surface area contributed by atoms with Crippen LogP contribution in [-0.4, -0.2) is 42.8 Å². The van der Waals surface area contributed by atoms with E-state index in [0.717, 1.165) is 6.07 Å². The van der Waals surface area contributed by atoms with Crippen molar-refractivity contribution in [3.63, 3.8) is 0 Å². The lowest BCUT2D eigenvalue weighted by Crippen LogP contribution is -2.15. The Bertz CT molecular complexity index is 768. The van der Waals surface area contributed by atoms with E-state index in [4.69, 9.17) is 14.2 Å². The van der Waals surface area contributed by atoms with Crippen molar-refractivity contribution in [2.45, 2.75) is 0 Å². The molecule has 2 rings (SSSR count). The average Bonchev–Trinajstić information content (AvgIpc) is 2.58. The van der Waals surface area contributed by atoms with Crippen LogP contribution in [0.5, 0.6) is 23.0 Å². The predicted octanol–water partition coefficient (Wildman–Crippen LogP) is 2.15. The fourth-order valence-electron chi connectivity index (χ4n) is 2.01. The van der Waals surface area contributed by atoms with Crippen molar-refractivity contribution in [2.75, 3.05) is 20.8 Å². The SMILES string of the molecule is COc1ccc(OC)c(C(=O)COC(=O)c2ccc(O)cc2O)c1. The van der Waals surface area contributed by atoms with Crippen molar-refractivity contribution < 1.29 is 34.0 Å². The van der Waals surface area contributed by atoms with Crippen molar-refractivity contribution >= 4 is 11.8 Å². The third-order valence-corrected chi connectivity index (χ3v) is 3.24. The van der Waals surface area contributed by atoms with E-state index in [9.17, 15) is 19.8 Å². The van der Waals surface area contributed by atoms with Crippen LogP contribution in [0.1, 0.15) is 20.7 Å². The van der Waals surface area contributed by atoms with Crippen molar-refractivity contribution in [2.24, 2.45) is 0 Å². The third-order valence-electron chi connectivity index (χ3n) is 3.24. The average molecular weight is 332 g/mol. The van der Waals surface area contributed by atoms with Gasteiger partial charge in [-0.1, -0.05) is 0 Å². The highest BCUT2D eigenvalue weighted by Gasteiger charge is 2.18. The smallest absolute Gasteiger partial charge is 0.342 e. The van der Waals surface area contributed by atoms with Gasteiger partial charge in [-0.2, -0.15) is 0 Å². The van der Waals surface area contributed by atoms with E-state index in [1.54, 1.807) is 12.1 Å². The van der Waals surface area contributed by atoms with E-state index in [0.29, 0.717) is 11.5 Å². The predicted molar refractivity (Wildman–Crippen MR) is 83.9 cm³/mol. The second-order valence-corrected chi connectivity index (χ2v) is 4.77. The summed E-state index contributed by atoms with van der Waals surface area (Å²) in [7, 11) is 2.88. The molecule has 0 aliphatic rings. The van der Waals surface area contributed by atoms with Gasteiger partial charge in [0.05, 0.1) is 19.8 Å². The molecule has 0 aromatic heterocycles. The van der Waals surface area contributed by atoms with Crippen LogP contribution >= 0.6 is 0 Å². The quantitative estimate of drug-likeness (QED) is 0.617. The highest BCUT2D eigenvalue weighted by atomic mass is 16.5. The Morgan fingerprint density at radius 2 is 1.71 bits per heavy atom. The number of carbonyl (C=O) groups is 2. The standard InChI is InChI=1S/C17H16O7/c1-22-11-4-6-16(23-2)13(8-11)15(20)9-24-17(21)12-5-3-10(18)7-14(12)19/h3-8,18-19H,9H2,1-2H3. The molecule has 0 aliphatic heterocycles. The van der Waals surface area contributed by atoms with Crippen molar-refractivity contribution in [3.8, 4) is 23.0 Å². The van der Waals surface area contributed by atoms with Crippen molar-refractivity contribution in [3.05, 3.63) is 47.5 Å². The van der Waals surface area contributed by atoms with Gasteiger partial charge < -0.3 is 24.4 Å². The summed E-state index contributed by atoms with van der Waals surface area (Å²) in [6.45, 7) is -0.539. The van der Waals surface area contributed by atoms with Crippen molar-refractivity contribution in [1.29, 1.82) is 0 Å². The Morgan fingerprint density at radius 1 is 0.958 bits per heavy atom. The summed E-state index contributed by atoms with van der Waals surface area (Å²) in [5.74, 6) is -1.22. The largest absolute Gasteiger partial charge is 0.508 e. The first-order valence-electron chi connectivity index (χ1n) is 6.90. The number of hydrogen-bond acceptors (Lipinski definition) is 7. The van der Waals surface area contributed by atoms with Gasteiger partial charge in [-0.05, 0) is 30.3 Å². The summed E-state index contributed by atoms with van der Waals surface area (Å²) in [4.78, 5) is 24.2. The van der Waals surface area contributed by atoms with Gasteiger partial charge in [0, 0.05) is 6.07 Å². The Labute approximate surface area is 138 Å². The molecule has 0 unspecified atom stereocenters. The summed E-state index contributed by atoms with van der Waals surface area (Å²) in [6, 6.07) is 8.11. The lowest BCUT2D eigenvalue weighted by molar-refractivity contribution is 0.0471. The number of phenolic OH excluding ortho intramolecular Hbond substituents is 2. The van der Waals surface area contributed by atoms with Crippen LogP contribution in [0.15, 0.2) is 36.4 Å². The first-order chi connectivity index (χ1) is 11.5. The number of ketones is 1. The van der Waals surface area contributed by atoms with Crippen LogP contribution in [0, 0.1) is 0 Å². The summed E-state index contributed by atoms with van der Waals surface area (Å²) in [6.07, 6.45) is 0. The number of rotatable bonds is 6. The number of methoxy groups -OCH3 is 2. The van der Waals surface area contributed by atoms with Crippen LogP contribution in [0.4, 0.5) is 0 Å². The zero-order valence-corrected chi connectivity index (χ0v) is 13.1. The van der Waals surface area contributed by atoms with Crippen LogP contribution in [0.25, 0.3) is 0 Å². The molecule has 7 nitrogen and oxygen atoms in total. The molecular weight excluding hydrogens is 316 g/mol. The van der Waals surface area contributed by atoms with Crippen LogP contribution in [0.3, 0.4) is 0 Å². The Hall–Kier alpha value is -3.22. The molecule has 0 fully saturated rings. The van der Waals surface area contributed by atoms with E-state index in [1.807, 2.05) is 0 Å². The van der Waals surface area contributed by atoms with E-state index in [-0.39, 0.29) is 16.9 Å². The number of phenols is 2. The molecule has 2 N–H and O–H groups in total. The molecule has 0 saturated heterocycles. The highest BCUT2D eigenvalue weighted by Crippen LogP contribution is 2.25. The Kier molecular flexibility index (Phi) is 5.26. The molecule has 0 heterocycles. The van der Waals surface area contributed by atoms with E-state index >= 15 is 0 Å². The summed E-state index contributed by atoms with van der Waals surface area (Å²) >= 11 is 0. The molecule has 0 atom stereocenters. The van der Waals surface area contributed by atoms with Crippen LogP contribution < -0.4 is 9.47 Å². The minimum atomic E-state index is -0.886. The Balaban J connectivity index is 2.11. The number of aromatic hydroxyl groups is 2. The molecule has 2 aromatic rings. The molecule has 7 heteroatoms. The fourth-order valence-corrected chi connectivity index (χ4v) is 2.01. The third kappa shape index (κ3) is 3.75. The lowest BCUT2D eigenvalue weighted by Gasteiger charge is -2.10. The minimum Gasteiger partial charge on any atom is -0.508 e. The number of esters is 1. The second-order valence-electron chi connectivity index (χ2n) is 4.77. The number of benzene rings is 2. The molecule has 0 bridgehead atoms. The normalized spacial score (nSPS) is 10.1. The number of hydrogen-bond donors (Lipinski definition) is 2. The molecule has 0 radical (unpaired) electrons. The summed E-state index contributed by atoms with van der Waals surface area (Å²) in [5.41, 5.74) is 0.0535. The van der Waals surface area contributed by atoms with E-state index in [2.05, 4.69) is 0 Å². The van der Waals surface area contributed by atoms with Gasteiger partial charge in [-0.3, -0.25) is 4.79 Å². The number of Topliss-reactive ketones (excluding diaryl/α,β-unsaturated/α-hetero) is 1. The molecule has 0 amide bonds. The van der Waals surface area contributed by atoms with Gasteiger partial charge in [0.15, 0.2) is 6.61 Å². The topological polar surface area (TPSA) is 102 Å². The first kappa shape index (κ1) is 17.1. The molecule has 0 spiro atoms. The van der Waals surface area contributed by atoms with Crippen molar-refractivity contribution in [1.82, 2.24) is 0 Å². The monoisotopic (exact) mass is 332 g/mol. The second kappa shape index (κ2) is 7.36. The molecular formula is C17H16O7. The van der Waals surface area contributed by atoms with Crippen LogP contribution in [-0.2, 0) is 4.74 Å². The van der Waals surface area contributed by atoms with Gasteiger partial charge in [-0.25, -0.2) is 4.79 Å². The van der Waals surface area contributed by atoms with Gasteiger partial charge in [0.1, 0.15) is 28.6 Å². The molecule has 2 aromatic carbocycles. The maximum absolute atomic E-state index is 12.3. The number of ether oxygens (including phenoxy) is 3. The zero-order chi connectivity index (χ0) is 17.7. The molecule has 0 aliphatic carbocycles. The minimum absolute atomic E-state index is 0.154. The highest BCUT2D eigenvalue weighted by molar-refractivity contribution is 6.02. The molecule has 24 heavy (non-hydrogen) atoms. The first-order valence-corrected chi connectivity index (χ1v) is 6.90. The summed E-state index contributed by atoms with van der Waals surface area (Å²) < 4.78 is 15.1. The van der Waals surface area contributed by atoms with E-state index in [1.165, 1.54) is 32.4 Å². The maximum Gasteiger partial charge on any atom is 0.342 e. The molecule has 0 saturated carbocycles. The van der Waals surface area contributed by atoms with Gasteiger partial charge in [-0.15, -0.1) is 0 Å². The number of carbonyl (C=O) groups excluding carboxylic acids is 2. The Morgan fingerprint density at radius 3 is 2.33 bits per heavy atom. The fraction of sp³-hybridized carbons (Fsp3) is 0.176. The van der Waals surface area contributed by atoms with Gasteiger partial charge in [0.2, 0.25) is 5.78 Å². The zero-order valence-electron chi connectivity index (χ0n) is 13.1. The lowest BCUT2D eigenvalue weighted by atomic mass is 10.1. The van der Waals surface area contributed by atoms with Gasteiger partial charge >= 0.3 is 5.97 Å². The summed E-state index contributed by atoms with van der Waals surface area (Å²) in [5, 5.41) is 18.8.